The minimum atomic E-state index is 0.424. The van der Waals surface area contributed by atoms with Crippen molar-refractivity contribution in [1.82, 2.24) is 9.97 Å². The van der Waals surface area contributed by atoms with Crippen LogP contribution in [0.1, 0.15) is 11.3 Å². The Balaban J connectivity index is 2.26. The summed E-state index contributed by atoms with van der Waals surface area (Å²) in [5, 5.41) is 0.521. The maximum absolute atomic E-state index is 5.82. The molecule has 0 aliphatic rings. The number of halogens is 2. The van der Waals surface area contributed by atoms with Crippen LogP contribution in [0.2, 0.25) is 5.02 Å². The number of aromatic nitrogens is 2. The van der Waals surface area contributed by atoms with Gasteiger partial charge in [-0.1, -0.05) is 11.6 Å². The van der Waals surface area contributed by atoms with Crippen molar-refractivity contribution in [2.45, 2.75) is 12.8 Å². The van der Waals surface area contributed by atoms with Crippen LogP contribution in [-0.2, 0) is 5.88 Å². The smallest absolute Gasteiger partial charge is 0.219 e. The molecule has 0 aromatic carbocycles. The molecule has 2 heterocycles. The highest BCUT2D eigenvalue weighted by atomic mass is 35.5. The van der Waals surface area contributed by atoms with E-state index in [1.165, 1.54) is 0 Å². The van der Waals surface area contributed by atoms with E-state index in [2.05, 4.69) is 9.97 Å². The molecule has 0 amide bonds. The Bertz CT molecular complexity index is 532. The number of aryl methyl sites for hydroxylation is 1. The Morgan fingerprint density at radius 1 is 1.24 bits per heavy atom. The van der Waals surface area contributed by atoms with Gasteiger partial charge < -0.3 is 4.74 Å². The standard InChI is InChI=1S/C12H10Cl2N2O/c1-8-2-9(5-13)3-12(16-8)17-11-4-10(14)6-15-7-11/h2-4,6-7H,5H2,1H3. The molecule has 0 bridgehead atoms. The highest BCUT2D eigenvalue weighted by molar-refractivity contribution is 6.30. The topological polar surface area (TPSA) is 35.0 Å². The number of ether oxygens (including phenoxy) is 1. The molecular formula is C12H10Cl2N2O. The van der Waals surface area contributed by atoms with Crippen LogP contribution in [0.3, 0.4) is 0 Å². The number of alkyl halides is 1. The molecule has 0 saturated carbocycles. The second-order valence-corrected chi connectivity index (χ2v) is 4.23. The fourth-order valence-corrected chi connectivity index (χ4v) is 1.72. The fourth-order valence-electron chi connectivity index (χ4n) is 1.41. The molecular weight excluding hydrogens is 259 g/mol. The largest absolute Gasteiger partial charge is 0.437 e. The Labute approximate surface area is 109 Å². The van der Waals surface area contributed by atoms with Crippen molar-refractivity contribution in [1.29, 1.82) is 0 Å². The van der Waals surface area contributed by atoms with E-state index in [0.717, 1.165) is 11.3 Å². The first-order valence-electron chi connectivity index (χ1n) is 4.99. The highest BCUT2D eigenvalue weighted by Gasteiger charge is 2.03. The van der Waals surface area contributed by atoms with E-state index < -0.39 is 0 Å². The summed E-state index contributed by atoms with van der Waals surface area (Å²) in [5.41, 5.74) is 1.82. The monoisotopic (exact) mass is 268 g/mol. The lowest BCUT2D eigenvalue weighted by atomic mass is 10.2. The maximum Gasteiger partial charge on any atom is 0.219 e. The maximum atomic E-state index is 5.82. The molecule has 0 unspecified atom stereocenters. The Morgan fingerprint density at radius 2 is 2.06 bits per heavy atom. The van der Waals surface area contributed by atoms with Crippen LogP contribution >= 0.6 is 23.2 Å². The minimum absolute atomic E-state index is 0.424. The van der Waals surface area contributed by atoms with E-state index in [4.69, 9.17) is 27.9 Å². The second-order valence-electron chi connectivity index (χ2n) is 3.53. The predicted octanol–water partition coefficient (Wildman–Crippen LogP) is 3.97. The van der Waals surface area contributed by atoms with Crippen LogP contribution in [-0.4, -0.2) is 9.97 Å². The van der Waals surface area contributed by atoms with Gasteiger partial charge in [0.25, 0.3) is 0 Å². The molecule has 3 nitrogen and oxygen atoms in total. The zero-order valence-electron chi connectivity index (χ0n) is 9.15. The first-order valence-corrected chi connectivity index (χ1v) is 5.90. The number of rotatable bonds is 3. The molecule has 0 radical (unpaired) electrons. The van der Waals surface area contributed by atoms with E-state index >= 15 is 0 Å². The molecule has 17 heavy (non-hydrogen) atoms. The van der Waals surface area contributed by atoms with Crippen LogP contribution in [0.4, 0.5) is 0 Å². The normalized spacial score (nSPS) is 10.3. The Hall–Kier alpha value is -1.32. The minimum Gasteiger partial charge on any atom is -0.437 e. The summed E-state index contributed by atoms with van der Waals surface area (Å²) in [6.45, 7) is 1.89. The van der Waals surface area contributed by atoms with Crippen LogP contribution in [0.15, 0.2) is 30.6 Å². The van der Waals surface area contributed by atoms with Gasteiger partial charge in [0.05, 0.1) is 11.2 Å². The summed E-state index contributed by atoms with van der Waals surface area (Å²) < 4.78 is 5.57. The summed E-state index contributed by atoms with van der Waals surface area (Å²) in [6, 6.07) is 5.38. The molecule has 5 heteroatoms. The number of nitrogens with zero attached hydrogens (tertiary/aromatic N) is 2. The van der Waals surface area contributed by atoms with Crippen LogP contribution in [0, 0.1) is 6.92 Å². The summed E-state index contributed by atoms with van der Waals surface area (Å²) >= 11 is 11.6. The lowest BCUT2D eigenvalue weighted by molar-refractivity contribution is 0.459. The number of hydrogen-bond donors (Lipinski definition) is 0. The fraction of sp³-hybridized carbons (Fsp3) is 0.167. The Kier molecular flexibility index (Phi) is 3.82. The van der Waals surface area contributed by atoms with Gasteiger partial charge in [-0.3, -0.25) is 4.98 Å². The molecule has 0 atom stereocenters. The van der Waals surface area contributed by atoms with Crippen LogP contribution in [0.25, 0.3) is 0 Å². The molecule has 0 fully saturated rings. The van der Waals surface area contributed by atoms with E-state index in [0.29, 0.717) is 22.5 Å². The van der Waals surface area contributed by atoms with Crippen molar-refractivity contribution >= 4 is 23.2 Å². The Morgan fingerprint density at radius 3 is 2.76 bits per heavy atom. The SMILES string of the molecule is Cc1cc(CCl)cc(Oc2cncc(Cl)c2)n1. The molecule has 0 aliphatic carbocycles. The molecule has 2 rings (SSSR count). The third-order valence-corrected chi connectivity index (χ3v) is 2.56. The summed E-state index contributed by atoms with van der Waals surface area (Å²) in [4.78, 5) is 8.19. The van der Waals surface area contributed by atoms with Gasteiger partial charge >= 0.3 is 0 Å². The summed E-state index contributed by atoms with van der Waals surface area (Å²) in [5.74, 6) is 1.47. The summed E-state index contributed by atoms with van der Waals surface area (Å²) in [6.07, 6.45) is 3.12. The molecule has 0 N–H and O–H groups in total. The molecule has 0 spiro atoms. The second kappa shape index (κ2) is 5.34. The number of pyridine rings is 2. The first kappa shape index (κ1) is 12.1. The van der Waals surface area contributed by atoms with Gasteiger partial charge in [-0.2, -0.15) is 0 Å². The first-order chi connectivity index (χ1) is 8.17. The van der Waals surface area contributed by atoms with Crippen molar-refractivity contribution in [3.63, 3.8) is 0 Å². The molecule has 0 saturated heterocycles. The van der Waals surface area contributed by atoms with Gasteiger partial charge in [0.2, 0.25) is 5.88 Å². The van der Waals surface area contributed by atoms with Crippen LogP contribution in [0.5, 0.6) is 11.6 Å². The molecule has 2 aromatic rings. The van der Waals surface area contributed by atoms with E-state index in [1.807, 2.05) is 13.0 Å². The highest BCUT2D eigenvalue weighted by Crippen LogP contribution is 2.23. The molecule has 2 aromatic heterocycles. The zero-order valence-corrected chi connectivity index (χ0v) is 10.7. The average molecular weight is 269 g/mol. The third-order valence-electron chi connectivity index (χ3n) is 2.05. The van der Waals surface area contributed by atoms with E-state index in [9.17, 15) is 0 Å². The van der Waals surface area contributed by atoms with Gasteiger partial charge in [-0.05, 0) is 18.6 Å². The van der Waals surface area contributed by atoms with Gasteiger partial charge in [0.15, 0.2) is 0 Å². The van der Waals surface area contributed by atoms with E-state index in [-0.39, 0.29) is 0 Å². The quantitative estimate of drug-likeness (QED) is 0.791. The molecule has 0 aliphatic heterocycles. The van der Waals surface area contributed by atoms with Crippen molar-refractivity contribution < 1.29 is 4.74 Å². The van der Waals surface area contributed by atoms with Crippen LogP contribution < -0.4 is 4.74 Å². The predicted molar refractivity (Wildman–Crippen MR) is 67.9 cm³/mol. The lowest BCUT2D eigenvalue weighted by Crippen LogP contribution is -1.93. The third kappa shape index (κ3) is 3.32. The van der Waals surface area contributed by atoms with Crippen molar-refractivity contribution in [2.75, 3.05) is 0 Å². The molecule has 88 valence electrons. The van der Waals surface area contributed by atoms with Crippen molar-refractivity contribution in [3.05, 3.63) is 46.9 Å². The summed E-state index contributed by atoms with van der Waals surface area (Å²) in [7, 11) is 0. The average Bonchev–Trinajstić information content (AvgIpc) is 2.28. The van der Waals surface area contributed by atoms with Gasteiger partial charge in [-0.15, -0.1) is 11.6 Å². The van der Waals surface area contributed by atoms with E-state index in [1.54, 1.807) is 24.5 Å². The zero-order chi connectivity index (χ0) is 12.3. The lowest BCUT2D eigenvalue weighted by Gasteiger charge is -2.06. The van der Waals surface area contributed by atoms with Gasteiger partial charge in [0, 0.05) is 29.9 Å². The van der Waals surface area contributed by atoms with Gasteiger partial charge in [-0.25, -0.2) is 4.98 Å². The van der Waals surface area contributed by atoms with Crippen molar-refractivity contribution in [2.24, 2.45) is 0 Å². The van der Waals surface area contributed by atoms with Crippen molar-refractivity contribution in [3.8, 4) is 11.6 Å². The van der Waals surface area contributed by atoms with Gasteiger partial charge in [0.1, 0.15) is 5.75 Å². The number of hydrogen-bond acceptors (Lipinski definition) is 3.